The molecule has 84 valence electrons. The molecule has 0 spiro atoms. The van der Waals surface area contributed by atoms with Gasteiger partial charge in [0.1, 0.15) is 5.69 Å². The molecule has 1 aromatic heterocycles. The van der Waals surface area contributed by atoms with Crippen LogP contribution in [0.2, 0.25) is 5.15 Å². The van der Waals surface area contributed by atoms with Crippen LogP contribution in [0.1, 0.15) is 19.0 Å². The number of hydrogen-bond donors (Lipinski definition) is 2. The summed E-state index contributed by atoms with van der Waals surface area (Å²) in [6.07, 6.45) is 2.00. The third kappa shape index (κ3) is 4.15. The van der Waals surface area contributed by atoms with Gasteiger partial charge in [-0.15, -0.1) is 0 Å². The molecular weight excluding hydrogens is 228 g/mol. The lowest BCUT2D eigenvalue weighted by Crippen LogP contribution is -2.20. The van der Waals surface area contributed by atoms with Crippen molar-refractivity contribution in [3.05, 3.63) is 17.0 Å². The van der Waals surface area contributed by atoms with Crippen LogP contribution in [0.25, 0.3) is 0 Å². The smallest absolute Gasteiger partial charge is 0.216 e. The van der Waals surface area contributed by atoms with E-state index in [2.05, 4.69) is 27.1 Å². The Morgan fingerprint density at radius 2 is 2.44 bits per heavy atom. The van der Waals surface area contributed by atoms with Gasteiger partial charge in [0, 0.05) is 19.9 Å². The van der Waals surface area contributed by atoms with Gasteiger partial charge in [0.15, 0.2) is 11.0 Å². The van der Waals surface area contributed by atoms with E-state index >= 15 is 0 Å². The summed E-state index contributed by atoms with van der Waals surface area (Å²) in [7, 11) is 0. The van der Waals surface area contributed by atoms with Crippen molar-refractivity contribution in [2.45, 2.75) is 13.3 Å². The Labute approximate surface area is 98.4 Å². The molecule has 0 saturated carbocycles. The lowest BCUT2D eigenvalue weighted by atomic mass is 10.3. The number of rotatable bonds is 2. The van der Waals surface area contributed by atoms with E-state index in [9.17, 15) is 4.79 Å². The number of carbonyl (C=O) groups excluding carboxylic acids is 1. The fourth-order valence-electron chi connectivity index (χ4n) is 0.890. The maximum absolute atomic E-state index is 10.5. The first-order valence-electron chi connectivity index (χ1n) is 4.61. The van der Waals surface area contributed by atoms with Gasteiger partial charge in [0.25, 0.3) is 0 Å². The molecule has 0 fully saturated rings. The molecule has 6 heteroatoms. The Kier molecular flexibility index (Phi) is 4.55. The number of hydrogen-bond acceptors (Lipinski definition) is 4. The van der Waals surface area contributed by atoms with Gasteiger partial charge < -0.3 is 11.1 Å². The van der Waals surface area contributed by atoms with E-state index in [0.717, 1.165) is 0 Å². The van der Waals surface area contributed by atoms with E-state index in [0.29, 0.717) is 18.7 Å². The summed E-state index contributed by atoms with van der Waals surface area (Å²) in [5.74, 6) is 5.72. The Bertz CT molecular complexity index is 450. The highest BCUT2D eigenvalue weighted by Crippen LogP contribution is 2.11. The second kappa shape index (κ2) is 5.93. The van der Waals surface area contributed by atoms with E-state index in [1.807, 2.05) is 0 Å². The van der Waals surface area contributed by atoms with Crippen molar-refractivity contribution in [2.75, 3.05) is 12.3 Å². The van der Waals surface area contributed by atoms with Crippen molar-refractivity contribution >= 4 is 23.3 Å². The first kappa shape index (κ1) is 12.3. The highest BCUT2D eigenvalue weighted by molar-refractivity contribution is 6.31. The third-order valence-electron chi connectivity index (χ3n) is 1.60. The molecule has 0 unspecified atom stereocenters. The molecule has 0 aliphatic carbocycles. The summed E-state index contributed by atoms with van der Waals surface area (Å²) in [6.45, 7) is 1.97. The zero-order valence-corrected chi connectivity index (χ0v) is 9.51. The van der Waals surface area contributed by atoms with Crippen LogP contribution >= 0.6 is 11.6 Å². The number of nitrogens with one attached hydrogen (secondary N) is 1. The van der Waals surface area contributed by atoms with Crippen molar-refractivity contribution in [1.29, 1.82) is 0 Å². The van der Waals surface area contributed by atoms with Crippen molar-refractivity contribution in [2.24, 2.45) is 0 Å². The number of nitrogens with two attached hydrogens (primary N) is 1. The number of nitrogens with zero attached hydrogens (tertiary/aromatic N) is 2. The predicted molar refractivity (Wildman–Crippen MR) is 61.6 cm³/mol. The van der Waals surface area contributed by atoms with Gasteiger partial charge in [-0.1, -0.05) is 17.5 Å². The zero-order chi connectivity index (χ0) is 12.0. The van der Waals surface area contributed by atoms with Gasteiger partial charge in [-0.05, 0) is 5.92 Å². The molecule has 5 nitrogen and oxygen atoms in total. The quantitative estimate of drug-likeness (QED) is 0.584. The molecular formula is C10H11ClN4O. The molecule has 0 aliphatic rings. The fraction of sp³-hybridized carbons (Fsp3) is 0.300. The van der Waals surface area contributed by atoms with Crippen molar-refractivity contribution in [3.8, 4) is 11.8 Å². The molecule has 1 heterocycles. The average Bonchev–Trinajstić information content (AvgIpc) is 2.22. The summed E-state index contributed by atoms with van der Waals surface area (Å²) < 4.78 is 0. The fourth-order valence-corrected chi connectivity index (χ4v) is 1.03. The minimum atomic E-state index is -0.0721. The number of aromatic nitrogens is 2. The summed E-state index contributed by atoms with van der Waals surface area (Å²) >= 11 is 5.67. The van der Waals surface area contributed by atoms with Gasteiger partial charge in [0.2, 0.25) is 5.91 Å². The Morgan fingerprint density at radius 3 is 3.06 bits per heavy atom. The van der Waals surface area contributed by atoms with Gasteiger partial charge in [0.05, 0.1) is 6.20 Å². The van der Waals surface area contributed by atoms with Crippen molar-refractivity contribution < 1.29 is 4.79 Å². The summed E-state index contributed by atoms with van der Waals surface area (Å²) in [5, 5.41) is 2.78. The minimum Gasteiger partial charge on any atom is -0.381 e. The Balaban J connectivity index is 2.50. The van der Waals surface area contributed by atoms with E-state index < -0.39 is 0 Å². The van der Waals surface area contributed by atoms with Crippen LogP contribution in [-0.2, 0) is 4.79 Å². The van der Waals surface area contributed by atoms with Crippen LogP contribution < -0.4 is 11.1 Å². The largest absolute Gasteiger partial charge is 0.381 e. The Morgan fingerprint density at radius 1 is 1.69 bits per heavy atom. The average molecular weight is 239 g/mol. The maximum Gasteiger partial charge on any atom is 0.216 e. The SMILES string of the molecule is CC(=O)NCCC#Cc1cnc(N)c(Cl)n1. The molecule has 1 rings (SSSR count). The Hall–Kier alpha value is -1.80. The van der Waals surface area contributed by atoms with E-state index in [4.69, 9.17) is 17.3 Å². The molecule has 0 radical (unpaired) electrons. The molecule has 0 saturated heterocycles. The van der Waals surface area contributed by atoms with E-state index in [1.165, 1.54) is 13.1 Å². The molecule has 0 aromatic carbocycles. The number of anilines is 1. The molecule has 1 amide bonds. The number of nitrogen functional groups attached to an aromatic ring is 1. The van der Waals surface area contributed by atoms with Crippen LogP contribution in [-0.4, -0.2) is 22.4 Å². The first-order valence-corrected chi connectivity index (χ1v) is 4.98. The van der Waals surface area contributed by atoms with Crippen molar-refractivity contribution in [1.82, 2.24) is 15.3 Å². The lowest BCUT2D eigenvalue weighted by Gasteiger charge is -1.96. The zero-order valence-electron chi connectivity index (χ0n) is 8.75. The predicted octanol–water partition coefficient (Wildman–Crippen LogP) is 0.590. The summed E-state index contributed by atoms with van der Waals surface area (Å²) in [6, 6.07) is 0. The van der Waals surface area contributed by atoms with Crippen LogP contribution in [0, 0.1) is 11.8 Å². The monoisotopic (exact) mass is 238 g/mol. The lowest BCUT2D eigenvalue weighted by molar-refractivity contribution is -0.118. The summed E-state index contributed by atoms with van der Waals surface area (Å²) in [5.41, 5.74) is 5.86. The normalized spacial score (nSPS) is 9.12. The second-order valence-corrected chi connectivity index (χ2v) is 3.32. The molecule has 16 heavy (non-hydrogen) atoms. The van der Waals surface area contributed by atoms with E-state index in [1.54, 1.807) is 0 Å². The van der Waals surface area contributed by atoms with Gasteiger partial charge in [-0.25, -0.2) is 9.97 Å². The van der Waals surface area contributed by atoms with Crippen LogP contribution in [0.5, 0.6) is 0 Å². The van der Waals surface area contributed by atoms with Crippen LogP contribution in [0.3, 0.4) is 0 Å². The molecule has 3 N–H and O–H groups in total. The van der Waals surface area contributed by atoms with Crippen molar-refractivity contribution in [3.63, 3.8) is 0 Å². The summed E-state index contributed by atoms with van der Waals surface area (Å²) in [4.78, 5) is 18.3. The van der Waals surface area contributed by atoms with Crippen LogP contribution in [0.4, 0.5) is 5.82 Å². The molecule has 0 aliphatic heterocycles. The number of carbonyl (C=O) groups is 1. The first-order chi connectivity index (χ1) is 7.59. The van der Waals surface area contributed by atoms with Gasteiger partial charge in [-0.2, -0.15) is 0 Å². The number of amides is 1. The van der Waals surface area contributed by atoms with Gasteiger partial charge in [-0.3, -0.25) is 4.79 Å². The van der Waals surface area contributed by atoms with E-state index in [-0.39, 0.29) is 16.9 Å². The number of halogens is 1. The molecule has 1 aromatic rings. The third-order valence-corrected chi connectivity index (χ3v) is 1.87. The molecule has 0 atom stereocenters. The van der Waals surface area contributed by atoms with Gasteiger partial charge >= 0.3 is 0 Å². The second-order valence-electron chi connectivity index (χ2n) is 2.97. The minimum absolute atomic E-state index is 0.0721. The topological polar surface area (TPSA) is 80.9 Å². The van der Waals surface area contributed by atoms with Crippen LogP contribution in [0.15, 0.2) is 6.20 Å². The highest BCUT2D eigenvalue weighted by atomic mass is 35.5. The standard InChI is InChI=1S/C10H11ClN4O/c1-7(16)13-5-3-2-4-8-6-14-10(12)9(11)15-8/h6H,3,5H2,1H3,(H2,12,14)(H,13,16). The highest BCUT2D eigenvalue weighted by Gasteiger charge is 1.98. The molecule has 0 bridgehead atoms. The maximum atomic E-state index is 10.5.